The van der Waals surface area contributed by atoms with Crippen molar-refractivity contribution >= 4 is 16.7 Å². The molecule has 2 rings (SSSR count). The van der Waals surface area contributed by atoms with Crippen molar-refractivity contribution in [2.75, 3.05) is 11.9 Å². The van der Waals surface area contributed by atoms with Crippen LogP contribution in [-0.4, -0.2) is 20.9 Å². The molecule has 5 heteroatoms. The van der Waals surface area contributed by atoms with Crippen molar-refractivity contribution < 1.29 is 0 Å². The van der Waals surface area contributed by atoms with E-state index in [0.717, 1.165) is 23.1 Å². The minimum Gasteiger partial charge on any atom is -0.361 e. The van der Waals surface area contributed by atoms with E-state index in [1.807, 2.05) is 19.1 Å². The summed E-state index contributed by atoms with van der Waals surface area (Å²) in [6, 6.07) is 3.83. The van der Waals surface area contributed by atoms with E-state index in [9.17, 15) is 0 Å². The Morgan fingerprint density at radius 3 is 3.14 bits per heavy atom. The molecule has 0 unspecified atom stereocenters. The monoisotopic (exact) mass is 206 g/mol. The lowest BCUT2D eigenvalue weighted by Crippen LogP contribution is -1.94. The van der Waals surface area contributed by atoms with Gasteiger partial charge in [0.1, 0.15) is 0 Å². The Morgan fingerprint density at radius 2 is 2.43 bits per heavy atom. The zero-order chi connectivity index (χ0) is 9.80. The summed E-state index contributed by atoms with van der Waals surface area (Å²) in [6.07, 6.45) is 3.50. The third kappa shape index (κ3) is 1.88. The van der Waals surface area contributed by atoms with Gasteiger partial charge in [0.25, 0.3) is 0 Å². The molecule has 1 N–H and O–H groups in total. The van der Waals surface area contributed by atoms with E-state index in [1.54, 1.807) is 12.4 Å². The van der Waals surface area contributed by atoms with E-state index in [1.165, 1.54) is 11.5 Å². The highest BCUT2D eigenvalue weighted by Crippen LogP contribution is 2.19. The molecule has 2 aromatic rings. The van der Waals surface area contributed by atoms with Crippen LogP contribution in [0.4, 0.5) is 5.13 Å². The molecular formula is C9H10N4S. The quantitative estimate of drug-likeness (QED) is 0.834. The van der Waals surface area contributed by atoms with Crippen molar-refractivity contribution in [3.05, 3.63) is 24.5 Å². The van der Waals surface area contributed by atoms with Gasteiger partial charge in [0.2, 0.25) is 5.13 Å². The Labute approximate surface area is 86.2 Å². The first-order valence-electron chi connectivity index (χ1n) is 4.38. The minimum atomic E-state index is 0.735. The number of nitrogens with zero attached hydrogens (tertiary/aromatic N) is 3. The van der Waals surface area contributed by atoms with Gasteiger partial charge < -0.3 is 5.32 Å². The van der Waals surface area contributed by atoms with Crippen LogP contribution in [0.2, 0.25) is 0 Å². The van der Waals surface area contributed by atoms with Crippen LogP contribution in [0.5, 0.6) is 0 Å². The zero-order valence-corrected chi connectivity index (χ0v) is 8.58. The molecule has 0 spiro atoms. The van der Waals surface area contributed by atoms with Crippen molar-refractivity contribution in [1.29, 1.82) is 0 Å². The first kappa shape index (κ1) is 9.08. The number of rotatable bonds is 3. The summed E-state index contributed by atoms with van der Waals surface area (Å²) >= 11 is 1.37. The fourth-order valence-electron chi connectivity index (χ4n) is 1.06. The van der Waals surface area contributed by atoms with Crippen molar-refractivity contribution in [2.24, 2.45) is 0 Å². The van der Waals surface area contributed by atoms with Crippen molar-refractivity contribution in [2.45, 2.75) is 6.92 Å². The predicted octanol–water partition coefficient (Wildman–Crippen LogP) is 2.03. The third-order valence-electron chi connectivity index (χ3n) is 1.67. The molecule has 14 heavy (non-hydrogen) atoms. The summed E-state index contributed by atoms with van der Waals surface area (Å²) in [4.78, 5) is 8.35. The molecule has 2 aromatic heterocycles. The maximum atomic E-state index is 4.33. The summed E-state index contributed by atoms with van der Waals surface area (Å²) < 4.78 is 4.23. The fraction of sp³-hybridized carbons (Fsp3) is 0.222. The van der Waals surface area contributed by atoms with Gasteiger partial charge in [-0.1, -0.05) is 0 Å². The molecule has 0 saturated heterocycles. The van der Waals surface area contributed by atoms with Crippen LogP contribution in [0.1, 0.15) is 6.92 Å². The lowest BCUT2D eigenvalue weighted by molar-refractivity contribution is 1.18. The Morgan fingerprint density at radius 1 is 1.50 bits per heavy atom. The van der Waals surface area contributed by atoms with Gasteiger partial charge in [-0.3, -0.25) is 4.98 Å². The summed E-state index contributed by atoms with van der Waals surface area (Å²) in [6.45, 7) is 2.90. The summed E-state index contributed by atoms with van der Waals surface area (Å²) in [5, 5.41) is 3.98. The second kappa shape index (κ2) is 4.15. The van der Waals surface area contributed by atoms with E-state index in [2.05, 4.69) is 19.7 Å². The van der Waals surface area contributed by atoms with Crippen molar-refractivity contribution in [3.63, 3.8) is 0 Å². The molecule has 72 valence electrons. The number of aromatic nitrogens is 3. The zero-order valence-electron chi connectivity index (χ0n) is 7.77. The van der Waals surface area contributed by atoms with Crippen LogP contribution >= 0.6 is 11.5 Å². The Hall–Kier alpha value is -1.49. The standard InChI is InChI=1S/C9H10N4S/c1-2-11-9-12-8(13-14-9)7-4-3-5-10-6-7/h3-6H,2H2,1H3,(H,11,12,13). The number of hydrogen-bond acceptors (Lipinski definition) is 5. The van der Waals surface area contributed by atoms with Crippen LogP contribution in [0.15, 0.2) is 24.5 Å². The van der Waals surface area contributed by atoms with E-state index in [0.29, 0.717) is 0 Å². The van der Waals surface area contributed by atoms with Crippen LogP contribution in [0, 0.1) is 0 Å². The molecule has 0 saturated carbocycles. The largest absolute Gasteiger partial charge is 0.361 e. The third-order valence-corrected chi connectivity index (χ3v) is 2.35. The lowest BCUT2D eigenvalue weighted by Gasteiger charge is -1.93. The first-order chi connectivity index (χ1) is 6.90. The predicted molar refractivity (Wildman–Crippen MR) is 57.3 cm³/mol. The van der Waals surface area contributed by atoms with E-state index in [4.69, 9.17) is 0 Å². The maximum absolute atomic E-state index is 4.33. The summed E-state index contributed by atoms with van der Waals surface area (Å²) in [5.74, 6) is 0.735. The number of hydrogen-bond donors (Lipinski definition) is 1. The van der Waals surface area contributed by atoms with Gasteiger partial charge in [-0.05, 0) is 19.1 Å². The molecule has 0 atom stereocenters. The second-order valence-electron chi connectivity index (χ2n) is 2.70. The van der Waals surface area contributed by atoms with Gasteiger partial charge >= 0.3 is 0 Å². The highest BCUT2D eigenvalue weighted by Gasteiger charge is 2.04. The van der Waals surface area contributed by atoms with Crippen molar-refractivity contribution in [1.82, 2.24) is 14.3 Å². The van der Waals surface area contributed by atoms with E-state index < -0.39 is 0 Å². The Balaban J connectivity index is 2.25. The van der Waals surface area contributed by atoms with Crippen LogP contribution in [-0.2, 0) is 0 Å². The molecule has 4 nitrogen and oxygen atoms in total. The average molecular weight is 206 g/mol. The molecule has 0 aliphatic carbocycles. The van der Waals surface area contributed by atoms with E-state index >= 15 is 0 Å². The number of pyridine rings is 1. The molecule has 0 aromatic carbocycles. The molecular weight excluding hydrogens is 196 g/mol. The van der Waals surface area contributed by atoms with Gasteiger partial charge in [0.15, 0.2) is 5.82 Å². The second-order valence-corrected chi connectivity index (χ2v) is 3.45. The summed E-state index contributed by atoms with van der Waals surface area (Å²) in [7, 11) is 0. The number of anilines is 1. The van der Waals surface area contributed by atoms with Crippen LogP contribution < -0.4 is 5.32 Å². The Bertz CT molecular complexity index is 398. The molecule has 0 radical (unpaired) electrons. The van der Waals surface area contributed by atoms with Gasteiger partial charge in [-0.25, -0.2) is 0 Å². The normalized spacial score (nSPS) is 10.1. The highest BCUT2D eigenvalue weighted by atomic mass is 32.1. The van der Waals surface area contributed by atoms with Crippen LogP contribution in [0.25, 0.3) is 11.4 Å². The highest BCUT2D eigenvalue weighted by molar-refractivity contribution is 7.09. The minimum absolute atomic E-state index is 0.735. The molecule has 0 aliphatic rings. The van der Waals surface area contributed by atoms with Crippen molar-refractivity contribution in [3.8, 4) is 11.4 Å². The van der Waals surface area contributed by atoms with Gasteiger partial charge in [-0.2, -0.15) is 9.36 Å². The lowest BCUT2D eigenvalue weighted by atomic mass is 10.3. The Kier molecular flexibility index (Phi) is 2.69. The maximum Gasteiger partial charge on any atom is 0.202 e. The number of nitrogens with one attached hydrogen (secondary N) is 1. The molecule has 0 aliphatic heterocycles. The smallest absolute Gasteiger partial charge is 0.202 e. The molecule has 0 fully saturated rings. The molecule has 0 amide bonds. The van der Waals surface area contributed by atoms with Gasteiger partial charge in [0.05, 0.1) is 0 Å². The molecule has 0 bridgehead atoms. The van der Waals surface area contributed by atoms with E-state index in [-0.39, 0.29) is 0 Å². The van der Waals surface area contributed by atoms with Gasteiger partial charge in [-0.15, -0.1) is 0 Å². The first-order valence-corrected chi connectivity index (χ1v) is 5.15. The topological polar surface area (TPSA) is 50.7 Å². The van der Waals surface area contributed by atoms with Crippen LogP contribution in [0.3, 0.4) is 0 Å². The van der Waals surface area contributed by atoms with Gasteiger partial charge in [0, 0.05) is 36.0 Å². The summed E-state index contributed by atoms with van der Waals surface area (Å²) in [5.41, 5.74) is 0.952. The SMILES string of the molecule is CCNc1nc(-c2cccnc2)ns1. The fourth-order valence-corrected chi connectivity index (χ4v) is 1.71. The average Bonchev–Trinajstić information content (AvgIpc) is 2.68. The molecule has 2 heterocycles.